The maximum Gasteiger partial charge on any atom is 0.264 e. The normalized spacial score (nSPS) is 19.7. The lowest BCUT2D eigenvalue weighted by atomic mass is 9.90. The summed E-state index contributed by atoms with van der Waals surface area (Å²) in [5, 5.41) is 13.1. The van der Waals surface area contributed by atoms with E-state index in [2.05, 4.69) is 15.1 Å². The van der Waals surface area contributed by atoms with E-state index in [0.29, 0.717) is 5.92 Å². The predicted octanol–water partition coefficient (Wildman–Crippen LogP) is 3.61. The molecule has 1 amide bonds. The molecule has 0 bridgehead atoms. The lowest BCUT2D eigenvalue weighted by Crippen LogP contribution is -2.48. The highest BCUT2D eigenvalue weighted by Crippen LogP contribution is 2.36. The maximum atomic E-state index is 12.4. The predicted molar refractivity (Wildman–Crippen MR) is 98.2 cm³/mol. The van der Waals surface area contributed by atoms with Crippen molar-refractivity contribution in [2.24, 2.45) is 0 Å². The van der Waals surface area contributed by atoms with Crippen molar-refractivity contribution in [1.82, 2.24) is 15.1 Å². The molecule has 3 heterocycles. The minimum absolute atomic E-state index is 0.157. The number of thiophene rings is 1. The van der Waals surface area contributed by atoms with Gasteiger partial charge in [0.05, 0.1) is 4.88 Å². The molecule has 2 aromatic heterocycles. The monoisotopic (exact) mass is 362 g/mol. The molecule has 1 aliphatic carbocycles. The SMILES string of the molecule is O=C(c1cccs1)N1CCN(c2nnc(C3CCCCC3)s2)CC1. The highest BCUT2D eigenvalue weighted by atomic mass is 32.1. The molecule has 1 aliphatic heterocycles. The van der Waals surface area contributed by atoms with Crippen LogP contribution >= 0.6 is 22.7 Å². The minimum Gasteiger partial charge on any atom is -0.343 e. The summed E-state index contributed by atoms with van der Waals surface area (Å²) in [6.07, 6.45) is 6.53. The Bertz CT molecular complexity index is 671. The van der Waals surface area contributed by atoms with Crippen LogP contribution < -0.4 is 4.90 Å². The van der Waals surface area contributed by atoms with Crippen LogP contribution in [0.3, 0.4) is 0 Å². The second kappa shape index (κ2) is 7.19. The molecule has 0 spiro atoms. The van der Waals surface area contributed by atoms with Gasteiger partial charge in [0.1, 0.15) is 5.01 Å². The molecule has 2 aromatic rings. The zero-order valence-electron chi connectivity index (χ0n) is 13.7. The fraction of sp³-hybridized carbons (Fsp3) is 0.588. The lowest BCUT2D eigenvalue weighted by molar-refractivity contribution is 0.0751. The number of hydrogen-bond acceptors (Lipinski definition) is 6. The van der Waals surface area contributed by atoms with E-state index in [-0.39, 0.29) is 5.91 Å². The first-order chi connectivity index (χ1) is 11.8. The average molecular weight is 363 g/mol. The molecule has 0 aromatic carbocycles. The Hall–Kier alpha value is -1.47. The van der Waals surface area contributed by atoms with Gasteiger partial charge >= 0.3 is 0 Å². The van der Waals surface area contributed by atoms with Gasteiger partial charge in [0, 0.05) is 32.1 Å². The van der Waals surface area contributed by atoms with Crippen molar-refractivity contribution in [2.75, 3.05) is 31.1 Å². The van der Waals surface area contributed by atoms with Crippen molar-refractivity contribution in [1.29, 1.82) is 0 Å². The molecule has 0 radical (unpaired) electrons. The third-order valence-corrected chi connectivity index (χ3v) is 6.96. The number of anilines is 1. The highest BCUT2D eigenvalue weighted by Gasteiger charge is 2.26. The van der Waals surface area contributed by atoms with Gasteiger partial charge in [-0.15, -0.1) is 21.5 Å². The average Bonchev–Trinajstić information content (AvgIpc) is 3.34. The lowest BCUT2D eigenvalue weighted by Gasteiger charge is -2.34. The van der Waals surface area contributed by atoms with Crippen LogP contribution in [0.1, 0.15) is 52.7 Å². The van der Waals surface area contributed by atoms with E-state index < -0.39 is 0 Å². The molecule has 7 heteroatoms. The minimum atomic E-state index is 0.157. The Morgan fingerprint density at radius 3 is 2.58 bits per heavy atom. The third-order valence-electron chi connectivity index (χ3n) is 4.95. The largest absolute Gasteiger partial charge is 0.343 e. The van der Waals surface area contributed by atoms with Gasteiger partial charge in [-0.25, -0.2) is 0 Å². The smallest absolute Gasteiger partial charge is 0.264 e. The number of nitrogens with zero attached hydrogens (tertiary/aromatic N) is 4. The summed E-state index contributed by atoms with van der Waals surface area (Å²) in [6, 6.07) is 3.84. The summed E-state index contributed by atoms with van der Waals surface area (Å²) < 4.78 is 0. The molecule has 5 nitrogen and oxygen atoms in total. The number of piperazine rings is 1. The van der Waals surface area contributed by atoms with Gasteiger partial charge in [0.15, 0.2) is 0 Å². The number of hydrogen-bond donors (Lipinski definition) is 0. The van der Waals surface area contributed by atoms with E-state index in [9.17, 15) is 4.79 Å². The van der Waals surface area contributed by atoms with Gasteiger partial charge in [-0.1, -0.05) is 36.7 Å². The topological polar surface area (TPSA) is 49.3 Å². The zero-order valence-corrected chi connectivity index (χ0v) is 15.3. The molecular formula is C17H22N4OS2. The molecule has 128 valence electrons. The van der Waals surface area contributed by atoms with Crippen LogP contribution in [0, 0.1) is 0 Å². The molecule has 0 unspecified atom stereocenters. The first-order valence-corrected chi connectivity index (χ1v) is 10.4. The van der Waals surface area contributed by atoms with Crippen molar-refractivity contribution in [3.63, 3.8) is 0 Å². The van der Waals surface area contributed by atoms with Crippen LogP contribution in [-0.4, -0.2) is 47.2 Å². The van der Waals surface area contributed by atoms with Crippen LogP contribution in [0.15, 0.2) is 17.5 Å². The van der Waals surface area contributed by atoms with Gasteiger partial charge < -0.3 is 9.80 Å². The van der Waals surface area contributed by atoms with E-state index in [0.717, 1.165) is 36.2 Å². The van der Waals surface area contributed by atoms with E-state index in [1.807, 2.05) is 22.4 Å². The van der Waals surface area contributed by atoms with Gasteiger partial charge in [-0.2, -0.15) is 0 Å². The van der Waals surface area contributed by atoms with Crippen LogP contribution in [0.2, 0.25) is 0 Å². The molecule has 1 saturated carbocycles. The summed E-state index contributed by atoms with van der Waals surface area (Å²) in [6.45, 7) is 3.21. The summed E-state index contributed by atoms with van der Waals surface area (Å²) in [5.74, 6) is 0.775. The third kappa shape index (κ3) is 3.32. The Balaban J connectivity index is 1.36. The van der Waals surface area contributed by atoms with Crippen LogP contribution in [0.25, 0.3) is 0 Å². The number of carbonyl (C=O) groups excluding carboxylic acids is 1. The second-order valence-corrected chi connectivity index (χ2v) is 8.45. The summed E-state index contributed by atoms with van der Waals surface area (Å²) in [7, 11) is 0. The summed E-state index contributed by atoms with van der Waals surface area (Å²) in [5.41, 5.74) is 0. The highest BCUT2D eigenvalue weighted by molar-refractivity contribution is 7.15. The molecular weight excluding hydrogens is 340 g/mol. The number of carbonyl (C=O) groups is 1. The first kappa shape index (κ1) is 16.0. The van der Waals surface area contributed by atoms with Crippen molar-refractivity contribution < 1.29 is 4.79 Å². The Labute approximate surface area is 150 Å². The van der Waals surface area contributed by atoms with Crippen molar-refractivity contribution in [3.8, 4) is 0 Å². The van der Waals surface area contributed by atoms with Crippen LogP contribution in [0.5, 0.6) is 0 Å². The van der Waals surface area contributed by atoms with Crippen molar-refractivity contribution in [3.05, 3.63) is 27.4 Å². The molecule has 0 atom stereocenters. The number of rotatable bonds is 3. The van der Waals surface area contributed by atoms with Gasteiger partial charge in [-0.05, 0) is 24.3 Å². The van der Waals surface area contributed by atoms with E-state index in [1.165, 1.54) is 48.4 Å². The summed E-state index contributed by atoms with van der Waals surface area (Å²) in [4.78, 5) is 17.5. The Morgan fingerprint density at radius 1 is 1.08 bits per heavy atom. The quantitative estimate of drug-likeness (QED) is 0.837. The second-order valence-electron chi connectivity index (χ2n) is 6.51. The van der Waals surface area contributed by atoms with Gasteiger partial charge in [0.2, 0.25) is 5.13 Å². The molecule has 24 heavy (non-hydrogen) atoms. The summed E-state index contributed by atoms with van der Waals surface area (Å²) >= 11 is 3.27. The van der Waals surface area contributed by atoms with Crippen LogP contribution in [0.4, 0.5) is 5.13 Å². The first-order valence-electron chi connectivity index (χ1n) is 8.72. The fourth-order valence-electron chi connectivity index (χ4n) is 3.53. The molecule has 4 rings (SSSR count). The number of amides is 1. The molecule has 2 aliphatic rings. The van der Waals surface area contributed by atoms with E-state index in [1.54, 1.807) is 11.3 Å². The standard InChI is InChI=1S/C17H22N4OS2/c22-16(14-7-4-12-23-14)20-8-10-21(11-9-20)17-19-18-15(24-17)13-5-2-1-3-6-13/h4,7,12-13H,1-3,5-6,8-11H2. The van der Waals surface area contributed by atoms with Crippen molar-refractivity contribution >= 4 is 33.7 Å². The number of aromatic nitrogens is 2. The van der Waals surface area contributed by atoms with Crippen molar-refractivity contribution in [2.45, 2.75) is 38.0 Å². The van der Waals surface area contributed by atoms with E-state index in [4.69, 9.17) is 0 Å². The molecule has 0 N–H and O–H groups in total. The Morgan fingerprint density at radius 2 is 1.88 bits per heavy atom. The fourth-order valence-corrected chi connectivity index (χ4v) is 5.28. The maximum absolute atomic E-state index is 12.4. The molecule has 2 fully saturated rings. The van der Waals surface area contributed by atoms with Gasteiger partial charge in [-0.3, -0.25) is 4.79 Å². The van der Waals surface area contributed by atoms with Crippen LogP contribution in [-0.2, 0) is 0 Å². The van der Waals surface area contributed by atoms with Gasteiger partial charge in [0.25, 0.3) is 5.91 Å². The van der Waals surface area contributed by atoms with E-state index >= 15 is 0 Å². The molecule has 1 saturated heterocycles. The zero-order chi connectivity index (χ0) is 16.4. The Kier molecular flexibility index (Phi) is 4.80.